The van der Waals surface area contributed by atoms with Crippen molar-refractivity contribution in [1.29, 1.82) is 0 Å². The molecule has 0 spiro atoms. The molecule has 2 aliphatic heterocycles. The highest BCUT2D eigenvalue weighted by Crippen LogP contribution is 2.35. The lowest BCUT2D eigenvalue weighted by Crippen LogP contribution is -2.53. The summed E-state index contributed by atoms with van der Waals surface area (Å²) < 4.78 is 13.2. The Balaban J connectivity index is 1.95. The lowest BCUT2D eigenvalue weighted by atomic mass is 10.0. The largest absolute Gasteiger partial charge is 0.318 e. The van der Waals surface area contributed by atoms with E-state index in [1.54, 1.807) is 6.92 Å². The molecule has 3 rings (SSSR count). The van der Waals surface area contributed by atoms with Gasteiger partial charge in [-0.2, -0.15) is 4.39 Å². The van der Waals surface area contributed by atoms with Gasteiger partial charge in [0.25, 0.3) is 5.91 Å². The van der Waals surface area contributed by atoms with E-state index >= 15 is 0 Å². The molecule has 0 aromatic carbocycles. The molecule has 1 fully saturated rings. The second-order valence-electron chi connectivity index (χ2n) is 4.92. The van der Waals surface area contributed by atoms with E-state index in [0.29, 0.717) is 11.3 Å². The molecule has 1 aromatic heterocycles. The monoisotopic (exact) mass is 277 g/mol. The van der Waals surface area contributed by atoms with Crippen LogP contribution >= 0.6 is 0 Å². The second-order valence-corrected chi connectivity index (χ2v) is 4.92. The Morgan fingerprint density at radius 2 is 2.10 bits per heavy atom. The van der Waals surface area contributed by atoms with Crippen molar-refractivity contribution in [3.05, 3.63) is 29.3 Å². The first-order valence-electron chi connectivity index (χ1n) is 6.32. The Labute approximate surface area is 114 Å². The minimum atomic E-state index is -0.715. The number of hydrogen-bond acceptors (Lipinski definition) is 4. The fourth-order valence-electron chi connectivity index (χ4n) is 2.76. The average Bonchev–Trinajstić information content (AvgIpc) is 2.63. The molecular formula is C13H12FN3O3. The van der Waals surface area contributed by atoms with Crippen LogP contribution in [-0.2, 0) is 9.59 Å². The molecule has 6 nitrogen and oxygen atoms in total. The van der Waals surface area contributed by atoms with E-state index in [9.17, 15) is 18.8 Å². The lowest BCUT2D eigenvalue weighted by Gasteiger charge is -2.32. The van der Waals surface area contributed by atoms with Gasteiger partial charge in [-0.25, -0.2) is 4.98 Å². The van der Waals surface area contributed by atoms with Crippen LogP contribution in [-0.4, -0.2) is 33.6 Å². The van der Waals surface area contributed by atoms with Gasteiger partial charge in [0.1, 0.15) is 6.04 Å². The summed E-state index contributed by atoms with van der Waals surface area (Å²) in [5, 5.41) is 2.22. The highest BCUT2D eigenvalue weighted by molar-refractivity contribution is 6.05. The first kappa shape index (κ1) is 12.7. The number of amides is 3. The minimum Gasteiger partial charge on any atom is -0.318 e. The van der Waals surface area contributed by atoms with Crippen molar-refractivity contribution in [1.82, 2.24) is 15.2 Å². The van der Waals surface area contributed by atoms with Gasteiger partial charge in [0, 0.05) is 6.42 Å². The Hall–Kier alpha value is -2.31. The van der Waals surface area contributed by atoms with E-state index in [4.69, 9.17) is 0 Å². The number of halogens is 1. The highest BCUT2D eigenvalue weighted by Gasteiger charge is 2.43. The van der Waals surface area contributed by atoms with Crippen LogP contribution in [0.2, 0.25) is 0 Å². The summed E-state index contributed by atoms with van der Waals surface area (Å²) in [5.41, 5.74) is 0.642. The average molecular weight is 277 g/mol. The summed E-state index contributed by atoms with van der Waals surface area (Å²) in [7, 11) is 0. The number of carbonyl (C=O) groups excluding carboxylic acids is 3. The molecule has 2 aliphatic rings. The summed E-state index contributed by atoms with van der Waals surface area (Å²) in [4.78, 5) is 40.5. The van der Waals surface area contributed by atoms with Crippen LogP contribution < -0.4 is 5.32 Å². The number of nitrogens with zero attached hydrogens (tertiary/aromatic N) is 2. The maximum atomic E-state index is 13.2. The van der Waals surface area contributed by atoms with Gasteiger partial charge in [0.05, 0.1) is 17.3 Å². The van der Waals surface area contributed by atoms with Crippen molar-refractivity contribution in [3.8, 4) is 0 Å². The van der Waals surface area contributed by atoms with Gasteiger partial charge < -0.3 is 4.90 Å². The van der Waals surface area contributed by atoms with E-state index in [0.717, 1.165) is 6.07 Å². The van der Waals surface area contributed by atoms with Gasteiger partial charge in [-0.3, -0.25) is 19.7 Å². The van der Waals surface area contributed by atoms with Gasteiger partial charge >= 0.3 is 0 Å². The molecule has 2 atom stereocenters. The number of carbonyl (C=O) groups is 3. The fraction of sp³-hybridized carbons (Fsp3) is 0.385. The molecule has 2 unspecified atom stereocenters. The van der Waals surface area contributed by atoms with Gasteiger partial charge in [-0.1, -0.05) is 0 Å². The predicted molar refractivity (Wildman–Crippen MR) is 65.0 cm³/mol. The molecule has 1 aromatic rings. The maximum absolute atomic E-state index is 13.2. The number of pyridine rings is 1. The number of nitrogens with one attached hydrogen (secondary N) is 1. The first-order chi connectivity index (χ1) is 9.49. The van der Waals surface area contributed by atoms with Gasteiger partial charge in [-0.05, 0) is 25.5 Å². The van der Waals surface area contributed by atoms with Crippen LogP contribution in [0.5, 0.6) is 0 Å². The molecule has 104 valence electrons. The van der Waals surface area contributed by atoms with E-state index < -0.39 is 23.9 Å². The first-order valence-corrected chi connectivity index (χ1v) is 6.32. The van der Waals surface area contributed by atoms with E-state index in [1.807, 2.05) is 0 Å². The molecule has 0 radical (unpaired) electrons. The number of hydrogen-bond donors (Lipinski definition) is 1. The van der Waals surface area contributed by atoms with Crippen LogP contribution in [0, 0.1) is 5.95 Å². The molecule has 3 heterocycles. The summed E-state index contributed by atoms with van der Waals surface area (Å²) >= 11 is 0. The van der Waals surface area contributed by atoms with Crippen LogP contribution in [0.3, 0.4) is 0 Å². The van der Waals surface area contributed by atoms with Gasteiger partial charge in [0.2, 0.25) is 17.8 Å². The number of piperidine rings is 1. The number of imide groups is 1. The van der Waals surface area contributed by atoms with Crippen molar-refractivity contribution < 1.29 is 18.8 Å². The van der Waals surface area contributed by atoms with Crippen molar-refractivity contribution in [2.75, 3.05) is 0 Å². The van der Waals surface area contributed by atoms with Gasteiger partial charge in [0.15, 0.2) is 0 Å². The Bertz CT molecular complexity index is 631. The van der Waals surface area contributed by atoms with Crippen molar-refractivity contribution in [2.24, 2.45) is 0 Å². The zero-order chi connectivity index (χ0) is 14.4. The summed E-state index contributed by atoms with van der Waals surface area (Å²) in [6.45, 7) is 1.69. The Morgan fingerprint density at radius 3 is 2.80 bits per heavy atom. The number of rotatable bonds is 1. The number of aromatic nitrogens is 1. The third kappa shape index (κ3) is 1.77. The van der Waals surface area contributed by atoms with Crippen molar-refractivity contribution in [2.45, 2.75) is 31.8 Å². The minimum absolute atomic E-state index is 0.186. The predicted octanol–water partition coefficient (Wildman–Crippen LogP) is 0.543. The molecule has 0 bridgehead atoms. The number of fused-ring (bicyclic) bond motifs is 1. The molecule has 3 amide bonds. The zero-order valence-corrected chi connectivity index (χ0v) is 10.7. The van der Waals surface area contributed by atoms with Crippen LogP contribution in [0.4, 0.5) is 4.39 Å². The normalized spacial score (nSPS) is 25.7. The van der Waals surface area contributed by atoms with Crippen LogP contribution in [0.25, 0.3) is 0 Å². The highest BCUT2D eigenvalue weighted by atomic mass is 19.1. The summed E-state index contributed by atoms with van der Waals surface area (Å²) in [5.74, 6) is -1.84. The maximum Gasteiger partial charge on any atom is 0.257 e. The second kappa shape index (κ2) is 4.36. The molecule has 1 N–H and O–H groups in total. The summed E-state index contributed by atoms with van der Waals surface area (Å²) in [6, 6.07) is 1.30. The van der Waals surface area contributed by atoms with Crippen LogP contribution in [0.15, 0.2) is 12.1 Å². The van der Waals surface area contributed by atoms with E-state index in [1.165, 1.54) is 11.0 Å². The third-order valence-electron chi connectivity index (χ3n) is 3.71. The van der Waals surface area contributed by atoms with E-state index in [-0.39, 0.29) is 24.7 Å². The Morgan fingerprint density at radius 1 is 1.35 bits per heavy atom. The molecule has 1 saturated heterocycles. The van der Waals surface area contributed by atoms with E-state index in [2.05, 4.69) is 10.3 Å². The topological polar surface area (TPSA) is 79.4 Å². The fourth-order valence-corrected chi connectivity index (χ4v) is 2.76. The molecule has 20 heavy (non-hydrogen) atoms. The smallest absolute Gasteiger partial charge is 0.257 e. The lowest BCUT2D eigenvalue weighted by molar-refractivity contribution is -0.137. The third-order valence-corrected chi connectivity index (χ3v) is 3.71. The zero-order valence-electron chi connectivity index (χ0n) is 10.7. The quantitative estimate of drug-likeness (QED) is 0.600. The molecular weight excluding hydrogens is 265 g/mol. The van der Waals surface area contributed by atoms with Crippen LogP contribution in [0.1, 0.15) is 41.9 Å². The summed E-state index contributed by atoms with van der Waals surface area (Å²) in [6.07, 6.45) is 0.461. The SMILES string of the molecule is CC1c2nc(F)ccc2C(=O)N1C1CCC(=O)NC1=O. The van der Waals surface area contributed by atoms with Crippen molar-refractivity contribution in [3.63, 3.8) is 0 Å². The molecule has 7 heteroatoms. The van der Waals surface area contributed by atoms with Crippen molar-refractivity contribution >= 4 is 17.7 Å². The standard InChI is InChI=1S/C13H12FN3O3/c1-6-11-7(2-4-9(14)15-11)13(20)17(6)8-3-5-10(18)16-12(8)19/h2,4,6,8H,3,5H2,1H3,(H,16,18,19). The Kier molecular flexibility index (Phi) is 2.77. The molecule has 0 saturated carbocycles. The van der Waals surface area contributed by atoms with Gasteiger partial charge in [-0.15, -0.1) is 0 Å². The molecule has 0 aliphatic carbocycles.